The van der Waals surface area contributed by atoms with E-state index < -0.39 is 0 Å². The van der Waals surface area contributed by atoms with Crippen LogP contribution in [0.15, 0.2) is 121 Å². The van der Waals surface area contributed by atoms with E-state index in [1.165, 1.54) is 100 Å². The zero-order valence-corrected chi connectivity index (χ0v) is 48.7. The molecule has 20 nitrogen and oxygen atoms in total. The van der Waals surface area contributed by atoms with Gasteiger partial charge in [0.1, 0.15) is 0 Å². The molecule has 1 aliphatic rings. The van der Waals surface area contributed by atoms with Gasteiger partial charge in [-0.1, -0.05) is 0 Å². The summed E-state index contributed by atoms with van der Waals surface area (Å²) in [7, 11) is 0. The van der Waals surface area contributed by atoms with Gasteiger partial charge in [0.2, 0.25) is 0 Å². The first-order valence-electron chi connectivity index (χ1n) is 24.8. The number of hydrogen-bond acceptors (Lipinski definition) is 16. The Morgan fingerprint density at radius 2 is 0.444 bits per heavy atom. The molecule has 4 aromatic heterocycles. The third-order valence-corrected chi connectivity index (χ3v) is 11.1. The summed E-state index contributed by atoms with van der Waals surface area (Å²) >= 11 is 0. The van der Waals surface area contributed by atoms with Gasteiger partial charge in [-0.3, -0.25) is 19.2 Å². The van der Waals surface area contributed by atoms with Gasteiger partial charge in [0.15, 0.2) is 68.2 Å². The molecule has 418 valence electrons. The first-order valence-corrected chi connectivity index (χ1v) is 24.8. The first kappa shape index (κ1) is 63.9. The third kappa shape index (κ3) is 16.2. The molecule has 0 unspecified atom stereocenters. The summed E-state index contributed by atoms with van der Waals surface area (Å²) in [6.45, 7) is 14.6. The van der Waals surface area contributed by atoms with Crippen LogP contribution in [0.4, 0.5) is 0 Å². The summed E-state index contributed by atoms with van der Waals surface area (Å²) in [5.74, 6) is -2.15. The number of esters is 4. The molecule has 8 N–H and O–H groups in total. The fraction of sp³-hybridized carbons (Fsp3) is 0.200. The van der Waals surface area contributed by atoms with Crippen LogP contribution in [-0.4, -0.2) is 91.2 Å². The van der Waals surface area contributed by atoms with Gasteiger partial charge >= 0.3 is 23.9 Å². The van der Waals surface area contributed by atoms with Gasteiger partial charge in [0.25, 0.3) is 0 Å². The number of ether oxygens (including phenoxy) is 4. The Bertz CT molecular complexity index is 2760. The molecule has 0 aliphatic carbocycles. The van der Waals surface area contributed by atoms with E-state index >= 15 is 0 Å². The minimum atomic E-state index is -0.270. The van der Waals surface area contributed by atoms with Crippen molar-refractivity contribution in [2.24, 2.45) is 0 Å². The van der Waals surface area contributed by atoms with Gasteiger partial charge in [-0.15, -0.1) is 0 Å². The molecule has 21 heteroatoms. The number of aromatic nitrogens is 4. The number of carbonyl (C=O) groups is 4. The minimum absolute atomic E-state index is 0. The smallest absolute Gasteiger partial charge is 0.302 e. The zero-order chi connectivity index (χ0) is 58.8. The molecule has 8 aromatic rings. The van der Waals surface area contributed by atoms with Crippen LogP contribution in [0.1, 0.15) is 123 Å². The summed E-state index contributed by atoms with van der Waals surface area (Å²) in [5.41, 5.74) is 1.97. The van der Waals surface area contributed by atoms with Gasteiger partial charge in [-0.05, 0) is 97.5 Å². The quantitative estimate of drug-likeness (QED) is 0.0311. The Labute approximate surface area is 480 Å². The van der Waals surface area contributed by atoms with Crippen molar-refractivity contribution in [3.8, 4) is 46.0 Å². The zero-order valence-electron chi connectivity index (χ0n) is 45.7. The summed E-state index contributed by atoms with van der Waals surface area (Å²) in [4.78, 5) is 59.0. The van der Waals surface area contributed by atoms with Gasteiger partial charge in [0.05, 0.1) is 26.4 Å². The second-order valence-corrected chi connectivity index (χ2v) is 16.7. The fourth-order valence-corrected chi connectivity index (χ4v) is 8.06. The SMILES string of the molecule is CCOC(C)=O.CCOC(C)=O.CCOC(C)=O.CCOC(C)=O.Oc1cccc(O)c1[C+]1c2ccc([n-]2)[C+](c2c(O)cccc2O)c2ccc([n-]2)[C+](c2c(O)cccc2O)c2ccc([n-]2)[C+](c2c(O)cccc2O)c2ccc1[n-]2.[Zn]. The van der Waals surface area contributed by atoms with Crippen LogP contribution in [-0.2, 0) is 57.6 Å². The molecule has 0 amide bonds. The fourth-order valence-electron chi connectivity index (χ4n) is 8.06. The van der Waals surface area contributed by atoms with E-state index in [2.05, 4.69) is 18.9 Å². The van der Waals surface area contributed by atoms with Gasteiger partial charge in [-0.25, -0.2) is 0 Å². The Kier molecular flexibility index (Phi) is 23.6. The minimum Gasteiger partial charge on any atom is -0.628 e. The molecule has 9 rings (SSSR count). The second-order valence-electron chi connectivity index (χ2n) is 16.7. The molecule has 0 radical (unpaired) electrons. The van der Waals surface area contributed by atoms with E-state index in [-0.39, 0.29) is 181 Å². The molecule has 0 spiro atoms. The van der Waals surface area contributed by atoms with Gasteiger partial charge in [-0.2, -0.15) is 0 Å². The summed E-state index contributed by atoms with van der Waals surface area (Å²) in [6.07, 6.45) is 0. The molecule has 8 bridgehead atoms. The molecule has 0 saturated heterocycles. The largest absolute Gasteiger partial charge is 0.628 e. The Morgan fingerprint density at radius 3 is 0.543 bits per heavy atom. The van der Waals surface area contributed by atoms with Crippen LogP contribution in [0.3, 0.4) is 0 Å². The third-order valence-electron chi connectivity index (χ3n) is 11.1. The number of phenolic OH excluding ortho intramolecular Hbond substituents is 8. The van der Waals surface area contributed by atoms with E-state index in [4.69, 9.17) is 19.9 Å². The maximum Gasteiger partial charge on any atom is 0.302 e. The van der Waals surface area contributed by atoms with Crippen LogP contribution in [0.2, 0.25) is 0 Å². The number of rotatable bonds is 8. The number of fused-ring (bicyclic) bond motifs is 8. The number of phenols is 8. The molecule has 0 saturated carbocycles. The molecular formula is C60H60N4O16Zn. The van der Waals surface area contributed by atoms with Crippen LogP contribution in [0.25, 0.3) is 0 Å². The van der Waals surface area contributed by atoms with Gasteiger partial charge in [0, 0.05) is 168 Å². The molecule has 5 heterocycles. The number of hydrogen-bond donors (Lipinski definition) is 8. The van der Waals surface area contributed by atoms with E-state index in [1.807, 2.05) is 0 Å². The molecule has 4 aromatic carbocycles. The van der Waals surface area contributed by atoms with E-state index in [0.29, 0.717) is 26.4 Å². The summed E-state index contributed by atoms with van der Waals surface area (Å²) in [5, 5.41) is 89.4. The predicted octanol–water partition coefficient (Wildman–Crippen LogP) is 7.83. The summed E-state index contributed by atoms with van der Waals surface area (Å²) < 4.78 is 17.6. The van der Waals surface area contributed by atoms with Crippen molar-refractivity contribution in [2.45, 2.75) is 55.4 Å². The molecule has 81 heavy (non-hydrogen) atoms. The maximum atomic E-state index is 11.2. The van der Waals surface area contributed by atoms with Crippen molar-refractivity contribution in [1.29, 1.82) is 0 Å². The molecule has 0 fully saturated rings. The molecule has 0 atom stereocenters. The second kappa shape index (κ2) is 29.9. The Balaban J connectivity index is 0.000000475. The van der Waals surface area contributed by atoms with Crippen LogP contribution >= 0.6 is 0 Å². The van der Waals surface area contributed by atoms with E-state index in [1.54, 1.807) is 76.2 Å². The number of carbonyl (C=O) groups excluding carboxylic acids is 4. The Hall–Kier alpha value is -9.62. The average Bonchev–Trinajstić information content (AvgIpc) is 4.24. The normalized spacial score (nSPS) is 11.1. The van der Waals surface area contributed by atoms with E-state index in [0.717, 1.165) is 0 Å². The topological polar surface area (TPSA) is 323 Å². The standard InChI is InChI=1S/C44H28N4O8.4C4H8O2.Zn/c49-29-5-1-6-30(50)41(29)37-21-13-15-23(45-21)38(42-31(51)7-2-8-32(42)52)25-17-19-27(47-25)40(44-35(55)11-4-12-36(44)56)28-20-18-26(48-28)39(24-16-14-22(37)46-24)43-33(53)9-3-10-34(43)54;4*1-3-6-4(2)5;/h1-20,49-56H;4*3H2,1-2H3;. The number of benzene rings is 4. The van der Waals surface area contributed by atoms with Crippen molar-refractivity contribution in [3.63, 3.8) is 0 Å². The Morgan fingerprint density at radius 1 is 0.309 bits per heavy atom. The van der Waals surface area contributed by atoms with Crippen LogP contribution < -0.4 is 19.9 Å². The van der Waals surface area contributed by atoms with E-state index in [9.17, 15) is 60.0 Å². The van der Waals surface area contributed by atoms with Crippen molar-refractivity contribution >= 4 is 23.9 Å². The van der Waals surface area contributed by atoms with Crippen molar-refractivity contribution in [1.82, 2.24) is 19.9 Å². The number of aromatic hydroxyl groups is 8. The van der Waals surface area contributed by atoms with Crippen molar-refractivity contribution < 1.29 is 98.5 Å². The monoisotopic (exact) mass is 1160 g/mol. The predicted molar refractivity (Wildman–Crippen MR) is 290 cm³/mol. The molecular weight excluding hydrogens is 1100 g/mol. The summed E-state index contributed by atoms with van der Waals surface area (Å²) in [6, 6.07) is 30.2. The van der Waals surface area contributed by atoms with Crippen molar-refractivity contribution in [2.75, 3.05) is 26.4 Å². The maximum absolute atomic E-state index is 11.2. The average molecular weight is 1160 g/mol. The van der Waals surface area contributed by atoms with Crippen molar-refractivity contribution in [3.05, 3.63) is 213 Å². The van der Waals surface area contributed by atoms with Gasteiger partial charge < -0.3 is 79.7 Å². The van der Waals surface area contributed by atoms with Crippen LogP contribution in [0.5, 0.6) is 46.0 Å². The first-order chi connectivity index (χ1) is 38.2. The molecule has 1 aliphatic heterocycles. The number of nitrogens with zero attached hydrogens (tertiary/aromatic N) is 4. The van der Waals surface area contributed by atoms with Crippen LogP contribution in [0, 0.1) is 23.7 Å².